The van der Waals surface area contributed by atoms with Crippen LogP contribution in [0.25, 0.3) is 22.3 Å². The second-order valence-electron chi connectivity index (χ2n) is 5.73. The Kier molecular flexibility index (Phi) is 4.66. The van der Waals surface area contributed by atoms with E-state index in [9.17, 15) is 14.4 Å². The first-order valence-corrected chi connectivity index (χ1v) is 8.27. The van der Waals surface area contributed by atoms with Crippen molar-refractivity contribution in [3.8, 4) is 17.0 Å². The molecule has 8 nitrogen and oxygen atoms in total. The van der Waals surface area contributed by atoms with E-state index in [1.54, 1.807) is 41.8 Å². The molecule has 3 aromatic rings. The van der Waals surface area contributed by atoms with Crippen LogP contribution in [0.15, 0.2) is 39.9 Å². The van der Waals surface area contributed by atoms with E-state index in [1.807, 2.05) is 6.92 Å². The molecule has 0 aliphatic carbocycles. The monoisotopic (exact) mass is 357 g/mol. The Labute approximate surface area is 148 Å². The number of nitrogens with zero attached hydrogens (tertiary/aromatic N) is 2. The number of H-pyrrole nitrogens is 1. The maximum absolute atomic E-state index is 12.5. The van der Waals surface area contributed by atoms with Crippen molar-refractivity contribution in [3.63, 3.8) is 0 Å². The van der Waals surface area contributed by atoms with Crippen LogP contribution < -0.4 is 16.0 Å². The Morgan fingerprint density at radius 3 is 2.35 bits per heavy atom. The first-order valence-electron chi connectivity index (χ1n) is 8.27. The van der Waals surface area contributed by atoms with Crippen LogP contribution in [0.2, 0.25) is 0 Å². The number of aromatic amines is 1. The van der Waals surface area contributed by atoms with E-state index in [0.717, 1.165) is 5.56 Å². The molecule has 1 aromatic carbocycles. The zero-order valence-corrected chi connectivity index (χ0v) is 14.5. The minimum atomic E-state index is -1.05. The summed E-state index contributed by atoms with van der Waals surface area (Å²) >= 11 is 0. The van der Waals surface area contributed by atoms with Crippen LogP contribution in [0.3, 0.4) is 0 Å². The predicted molar refractivity (Wildman–Crippen MR) is 96.7 cm³/mol. The summed E-state index contributed by atoms with van der Waals surface area (Å²) in [6, 6.07) is 8.60. The van der Waals surface area contributed by atoms with Gasteiger partial charge in [0, 0.05) is 18.8 Å². The highest BCUT2D eigenvalue weighted by Gasteiger charge is 2.15. The highest BCUT2D eigenvalue weighted by atomic mass is 16.5. The largest absolute Gasteiger partial charge is 0.482 e. The lowest BCUT2D eigenvalue weighted by Gasteiger charge is -2.07. The molecule has 0 saturated heterocycles. The van der Waals surface area contributed by atoms with Gasteiger partial charge in [-0.25, -0.2) is 9.59 Å². The molecule has 0 saturated carbocycles. The van der Waals surface area contributed by atoms with Crippen molar-refractivity contribution < 1.29 is 14.6 Å². The predicted octanol–water partition coefficient (Wildman–Crippen LogP) is 1.66. The van der Waals surface area contributed by atoms with Crippen molar-refractivity contribution in [1.82, 2.24) is 14.1 Å². The van der Waals surface area contributed by atoms with Crippen molar-refractivity contribution >= 4 is 17.0 Å². The summed E-state index contributed by atoms with van der Waals surface area (Å²) in [6.45, 7) is 3.96. The molecule has 0 amide bonds. The Morgan fingerprint density at radius 2 is 1.77 bits per heavy atom. The van der Waals surface area contributed by atoms with Crippen molar-refractivity contribution in [3.05, 3.63) is 51.2 Å². The number of aromatic nitrogens is 3. The number of aliphatic carboxylic acids is 1. The number of aryl methyl sites for hydroxylation is 1. The number of carboxylic acids is 1. The average Bonchev–Trinajstić information content (AvgIpc) is 3.06. The van der Waals surface area contributed by atoms with E-state index in [1.165, 1.54) is 4.57 Å². The SMILES string of the molecule is CCn1c(=O)c2[nH]c(-c3ccc(OCC(=O)O)cc3)cc2n(CC)c1=O. The number of carbonyl (C=O) groups is 1. The van der Waals surface area contributed by atoms with E-state index in [4.69, 9.17) is 9.84 Å². The number of rotatable bonds is 6. The van der Waals surface area contributed by atoms with Crippen LogP contribution in [-0.2, 0) is 17.9 Å². The number of hydrogen-bond donors (Lipinski definition) is 2. The van der Waals surface area contributed by atoms with Gasteiger partial charge in [-0.15, -0.1) is 0 Å². The smallest absolute Gasteiger partial charge is 0.341 e. The fourth-order valence-electron chi connectivity index (χ4n) is 2.91. The molecule has 0 aliphatic rings. The fourth-order valence-corrected chi connectivity index (χ4v) is 2.91. The van der Waals surface area contributed by atoms with Gasteiger partial charge in [0.25, 0.3) is 5.56 Å². The van der Waals surface area contributed by atoms with Crippen LogP contribution in [0.4, 0.5) is 0 Å². The second kappa shape index (κ2) is 6.91. The summed E-state index contributed by atoms with van der Waals surface area (Å²) in [5.41, 5.74) is 1.77. The Hall–Kier alpha value is -3.29. The molecule has 0 radical (unpaired) electrons. The highest BCUT2D eigenvalue weighted by Crippen LogP contribution is 2.24. The lowest BCUT2D eigenvalue weighted by Crippen LogP contribution is -2.39. The van der Waals surface area contributed by atoms with E-state index in [-0.39, 0.29) is 11.2 Å². The van der Waals surface area contributed by atoms with Crippen molar-refractivity contribution in [2.75, 3.05) is 6.61 Å². The Balaban J connectivity index is 2.07. The summed E-state index contributed by atoms with van der Waals surface area (Å²) in [5.74, 6) is -0.611. The third kappa shape index (κ3) is 3.01. The summed E-state index contributed by atoms with van der Waals surface area (Å²) in [5, 5.41) is 8.64. The molecule has 0 spiro atoms. The summed E-state index contributed by atoms with van der Waals surface area (Å²) in [4.78, 5) is 38.6. The Bertz CT molecular complexity index is 1070. The fraction of sp³-hybridized carbons (Fsp3) is 0.278. The van der Waals surface area contributed by atoms with Crippen molar-refractivity contribution in [2.45, 2.75) is 26.9 Å². The molecule has 26 heavy (non-hydrogen) atoms. The maximum Gasteiger partial charge on any atom is 0.341 e. The number of carboxylic acid groups (broad SMARTS) is 1. The van der Waals surface area contributed by atoms with Crippen LogP contribution in [0, 0.1) is 0 Å². The molecule has 2 N–H and O–H groups in total. The number of fused-ring (bicyclic) bond motifs is 1. The first kappa shape index (κ1) is 17.5. The van der Waals surface area contributed by atoms with E-state index >= 15 is 0 Å². The molecule has 0 fully saturated rings. The van der Waals surface area contributed by atoms with Crippen LogP contribution in [0.5, 0.6) is 5.75 Å². The molecule has 0 bridgehead atoms. The molecule has 0 atom stereocenters. The summed E-state index contributed by atoms with van der Waals surface area (Å²) < 4.78 is 7.87. The highest BCUT2D eigenvalue weighted by molar-refractivity contribution is 5.82. The first-order chi connectivity index (χ1) is 12.5. The standard InChI is InChI=1S/C18H19N3O5/c1-3-20-14-9-13(19-16(14)17(24)21(4-2)18(20)25)11-5-7-12(8-6-11)26-10-15(22)23/h5-9,19H,3-4,10H2,1-2H3,(H,22,23). The Morgan fingerprint density at radius 1 is 1.12 bits per heavy atom. The zero-order chi connectivity index (χ0) is 18.8. The third-order valence-electron chi connectivity index (χ3n) is 4.17. The maximum atomic E-state index is 12.5. The second-order valence-corrected chi connectivity index (χ2v) is 5.73. The molecule has 0 unspecified atom stereocenters. The lowest BCUT2D eigenvalue weighted by atomic mass is 10.1. The summed E-state index contributed by atoms with van der Waals surface area (Å²) in [7, 11) is 0. The van der Waals surface area contributed by atoms with Gasteiger partial charge >= 0.3 is 11.7 Å². The van der Waals surface area contributed by atoms with Crippen molar-refractivity contribution in [1.29, 1.82) is 0 Å². The molecular weight excluding hydrogens is 338 g/mol. The molecule has 8 heteroatoms. The third-order valence-corrected chi connectivity index (χ3v) is 4.17. The molecule has 3 rings (SSSR count). The lowest BCUT2D eigenvalue weighted by molar-refractivity contribution is -0.139. The van der Waals surface area contributed by atoms with Crippen LogP contribution >= 0.6 is 0 Å². The van der Waals surface area contributed by atoms with Gasteiger partial charge in [0.15, 0.2) is 6.61 Å². The topological polar surface area (TPSA) is 106 Å². The van der Waals surface area contributed by atoms with Gasteiger partial charge in [-0.05, 0) is 49.7 Å². The summed E-state index contributed by atoms with van der Waals surface area (Å²) in [6.07, 6.45) is 0. The van der Waals surface area contributed by atoms with Gasteiger partial charge in [0.05, 0.1) is 5.52 Å². The molecule has 2 aromatic heterocycles. The molecule has 136 valence electrons. The van der Waals surface area contributed by atoms with Crippen LogP contribution in [-0.4, -0.2) is 31.8 Å². The number of hydrogen-bond acceptors (Lipinski definition) is 4. The van der Waals surface area contributed by atoms with Gasteiger partial charge in [-0.3, -0.25) is 13.9 Å². The minimum absolute atomic E-state index is 0.303. The van der Waals surface area contributed by atoms with Gasteiger partial charge in [-0.1, -0.05) is 0 Å². The zero-order valence-electron chi connectivity index (χ0n) is 14.5. The van der Waals surface area contributed by atoms with Gasteiger partial charge in [-0.2, -0.15) is 0 Å². The van der Waals surface area contributed by atoms with Gasteiger partial charge < -0.3 is 14.8 Å². The van der Waals surface area contributed by atoms with E-state index in [2.05, 4.69) is 4.98 Å². The van der Waals surface area contributed by atoms with Gasteiger partial charge in [0.1, 0.15) is 11.3 Å². The van der Waals surface area contributed by atoms with E-state index in [0.29, 0.717) is 35.6 Å². The van der Waals surface area contributed by atoms with E-state index < -0.39 is 12.6 Å². The number of nitrogens with one attached hydrogen (secondary N) is 1. The molecular formula is C18H19N3O5. The van der Waals surface area contributed by atoms with Gasteiger partial charge in [0.2, 0.25) is 0 Å². The molecule has 0 aliphatic heterocycles. The number of ether oxygens (including phenoxy) is 1. The minimum Gasteiger partial charge on any atom is -0.482 e. The average molecular weight is 357 g/mol. The normalized spacial score (nSPS) is 11.0. The van der Waals surface area contributed by atoms with Crippen molar-refractivity contribution in [2.24, 2.45) is 0 Å². The number of benzene rings is 1. The quantitative estimate of drug-likeness (QED) is 0.698. The molecule has 2 heterocycles. The van der Waals surface area contributed by atoms with Crippen LogP contribution in [0.1, 0.15) is 13.8 Å².